The Morgan fingerprint density at radius 3 is 2.53 bits per heavy atom. The van der Waals surface area contributed by atoms with E-state index in [0.717, 1.165) is 19.3 Å². The maximum atomic E-state index is 10.3. The number of ether oxygens (including phenoxy) is 2. The molecule has 19 heavy (non-hydrogen) atoms. The lowest BCUT2D eigenvalue weighted by Gasteiger charge is -2.43. The van der Waals surface area contributed by atoms with Gasteiger partial charge in [0.2, 0.25) is 0 Å². The van der Waals surface area contributed by atoms with Crippen molar-refractivity contribution in [3.8, 4) is 0 Å². The Labute approximate surface area is 116 Å². The minimum Gasteiger partial charge on any atom is -0.390 e. The van der Waals surface area contributed by atoms with Crippen LogP contribution in [0.15, 0.2) is 0 Å². The van der Waals surface area contributed by atoms with Gasteiger partial charge < -0.3 is 14.6 Å². The standard InChI is InChI=1S/C16H28O3/c1-10(2)9-12-15(3,19-12)14-13(18-4)11(17)5-6-16(14)7-8-16/h10-14,17H,5-9H2,1-4H3/t11-,12-,13-,14-,15+/m1/s1. The van der Waals surface area contributed by atoms with Gasteiger partial charge in [0.05, 0.1) is 23.9 Å². The Morgan fingerprint density at radius 1 is 1.32 bits per heavy atom. The summed E-state index contributed by atoms with van der Waals surface area (Å²) in [7, 11) is 1.74. The molecule has 1 saturated heterocycles. The molecule has 1 heterocycles. The van der Waals surface area contributed by atoms with Crippen LogP contribution >= 0.6 is 0 Å². The number of hydrogen-bond acceptors (Lipinski definition) is 3. The van der Waals surface area contributed by atoms with E-state index in [2.05, 4.69) is 20.8 Å². The summed E-state index contributed by atoms with van der Waals surface area (Å²) in [5.74, 6) is 1.04. The molecular formula is C16H28O3. The molecule has 0 bridgehead atoms. The lowest BCUT2D eigenvalue weighted by Crippen LogP contribution is -2.51. The van der Waals surface area contributed by atoms with Gasteiger partial charge in [0, 0.05) is 13.0 Å². The number of methoxy groups -OCH3 is 1. The maximum absolute atomic E-state index is 10.3. The zero-order valence-electron chi connectivity index (χ0n) is 12.7. The summed E-state index contributed by atoms with van der Waals surface area (Å²) in [5.41, 5.74) is 0.337. The van der Waals surface area contributed by atoms with Crippen LogP contribution in [-0.4, -0.2) is 36.1 Å². The van der Waals surface area contributed by atoms with E-state index in [1.165, 1.54) is 12.8 Å². The third-order valence-electron chi connectivity index (χ3n) is 5.75. The number of aliphatic hydroxyl groups excluding tert-OH is 1. The summed E-state index contributed by atoms with van der Waals surface area (Å²) >= 11 is 0. The van der Waals surface area contributed by atoms with Crippen LogP contribution in [-0.2, 0) is 9.47 Å². The Morgan fingerprint density at radius 2 is 2.00 bits per heavy atom. The number of epoxide rings is 1. The summed E-state index contributed by atoms with van der Waals surface area (Å²) in [6.45, 7) is 6.74. The molecule has 2 aliphatic carbocycles. The molecule has 3 rings (SSSR count). The normalized spacial score (nSPS) is 47.7. The third kappa shape index (κ3) is 2.14. The lowest BCUT2D eigenvalue weighted by atomic mass is 9.66. The molecular weight excluding hydrogens is 240 g/mol. The summed E-state index contributed by atoms with van der Waals surface area (Å²) in [5, 5.41) is 10.3. The first kappa shape index (κ1) is 13.8. The van der Waals surface area contributed by atoms with Crippen molar-refractivity contribution in [1.29, 1.82) is 0 Å². The fourth-order valence-corrected chi connectivity index (χ4v) is 4.53. The van der Waals surface area contributed by atoms with Crippen LogP contribution < -0.4 is 0 Å². The van der Waals surface area contributed by atoms with Gasteiger partial charge in [0.25, 0.3) is 0 Å². The molecule has 0 aromatic rings. The molecule has 110 valence electrons. The molecule has 3 fully saturated rings. The highest BCUT2D eigenvalue weighted by molar-refractivity contribution is 5.18. The van der Waals surface area contributed by atoms with Crippen molar-refractivity contribution in [3.63, 3.8) is 0 Å². The number of rotatable bonds is 4. The fourth-order valence-electron chi connectivity index (χ4n) is 4.53. The molecule has 1 N–H and O–H groups in total. The van der Waals surface area contributed by atoms with E-state index >= 15 is 0 Å². The Bertz CT molecular complexity index is 350. The van der Waals surface area contributed by atoms with Crippen molar-refractivity contribution in [2.45, 2.75) is 76.8 Å². The lowest BCUT2D eigenvalue weighted by molar-refractivity contribution is -0.116. The average Bonchev–Trinajstić information content (AvgIpc) is 3.22. The molecule has 1 aliphatic heterocycles. The van der Waals surface area contributed by atoms with Crippen LogP contribution in [0.1, 0.15) is 52.9 Å². The van der Waals surface area contributed by atoms with Crippen LogP contribution in [0, 0.1) is 17.3 Å². The second-order valence-corrected chi connectivity index (χ2v) is 7.57. The van der Waals surface area contributed by atoms with Gasteiger partial charge in [-0.25, -0.2) is 0 Å². The Balaban J connectivity index is 1.80. The van der Waals surface area contributed by atoms with E-state index in [1.54, 1.807) is 7.11 Å². The Hall–Kier alpha value is -0.120. The first-order valence-electron chi connectivity index (χ1n) is 7.81. The van der Waals surface area contributed by atoms with Gasteiger partial charge in [-0.3, -0.25) is 0 Å². The molecule has 0 aromatic carbocycles. The van der Waals surface area contributed by atoms with Crippen LogP contribution in [0.3, 0.4) is 0 Å². The highest BCUT2D eigenvalue weighted by Gasteiger charge is 2.70. The SMILES string of the molecule is CO[C@@H]1[C@H](O)CCC2(CC2)[C@H]1[C@@]1(C)O[C@@H]1CC(C)C. The molecule has 3 nitrogen and oxygen atoms in total. The van der Waals surface area contributed by atoms with Crippen LogP contribution in [0.25, 0.3) is 0 Å². The fraction of sp³-hybridized carbons (Fsp3) is 1.00. The summed E-state index contributed by atoms with van der Waals surface area (Å²) in [4.78, 5) is 0. The second-order valence-electron chi connectivity index (χ2n) is 7.57. The van der Waals surface area contributed by atoms with Gasteiger partial charge in [-0.05, 0) is 50.4 Å². The van der Waals surface area contributed by atoms with E-state index in [4.69, 9.17) is 9.47 Å². The topological polar surface area (TPSA) is 42.0 Å². The number of hydrogen-bond donors (Lipinski definition) is 1. The summed E-state index contributed by atoms with van der Waals surface area (Å²) in [6, 6.07) is 0. The van der Waals surface area contributed by atoms with Crippen LogP contribution in [0.2, 0.25) is 0 Å². The summed E-state index contributed by atoms with van der Waals surface area (Å²) in [6.07, 6.45) is 5.73. The molecule has 3 aliphatic rings. The van der Waals surface area contributed by atoms with E-state index in [9.17, 15) is 5.11 Å². The zero-order chi connectivity index (χ0) is 13.8. The van der Waals surface area contributed by atoms with E-state index in [-0.39, 0.29) is 17.8 Å². The van der Waals surface area contributed by atoms with Gasteiger partial charge in [0.15, 0.2) is 0 Å². The van der Waals surface area contributed by atoms with Gasteiger partial charge in [0.1, 0.15) is 0 Å². The predicted octanol–water partition coefficient (Wildman–Crippen LogP) is 2.76. The molecule has 3 heteroatoms. The van der Waals surface area contributed by atoms with E-state index in [0.29, 0.717) is 23.4 Å². The smallest absolute Gasteiger partial charge is 0.0979 e. The number of aliphatic hydroxyl groups is 1. The van der Waals surface area contributed by atoms with Crippen molar-refractivity contribution in [3.05, 3.63) is 0 Å². The van der Waals surface area contributed by atoms with Crippen molar-refractivity contribution in [2.24, 2.45) is 17.3 Å². The highest BCUT2D eigenvalue weighted by Crippen LogP contribution is 2.67. The van der Waals surface area contributed by atoms with Gasteiger partial charge in [-0.15, -0.1) is 0 Å². The van der Waals surface area contributed by atoms with Crippen LogP contribution in [0.5, 0.6) is 0 Å². The van der Waals surface area contributed by atoms with Crippen molar-refractivity contribution >= 4 is 0 Å². The monoisotopic (exact) mass is 268 g/mol. The second kappa shape index (κ2) is 4.44. The summed E-state index contributed by atoms with van der Waals surface area (Å²) < 4.78 is 11.8. The van der Waals surface area contributed by atoms with Crippen LogP contribution in [0.4, 0.5) is 0 Å². The van der Waals surface area contributed by atoms with Gasteiger partial charge >= 0.3 is 0 Å². The van der Waals surface area contributed by atoms with Gasteiger partial charge in [-0.1, -0.05) is 13.8 Å². The van der Waals surface area contributed by atoms with Crippen molar-refractivity contribution in [2.75, 3.05) is 7.11 Å². The van der Waals surface area contributed by atoms with E-state index in [1.807, 2.05) is 0 Å². The minimum atomic E-state index is -0.318. The molecule has 2 saturated carbocycles. The van der Waals surface area contributed by atoms with Crippen molar-refractivity contribution < 1.29 is 14.6 Å². The first-order chi connectivity index (χ1) is 8.93. The minimum absolute atomic E-state index is 0.0431. The highest BCUT2D eigenvalue weighted by atomic mass is 16.6. The predicted molar refractivity (Wildman–Crippen MR) is 73.9 cm³/mol. The average molecular weight is 268 g/mol. The van der Waals surface area contributed by atoms with Crippen molar-refractivity contribution in [1.82, 2.24) is 0 Å². The zero-order valence-corrected chi connectivity index (χ0v) is 12.7. The maximum Gasteiger partial charge on any atom is 0.0979 e. The largest absolute Gasteiger partial charge is 0.390 e. The van der Waals surface area contributed by atoms with E-state index < -0.39 is 0 Å². The molecule has 1 spiro atoms. The third-order valence-corrected chi connectivity index (χ3v) is 5.75. The molecule has 0 unspecified atom stereocenters. The van der Waals surface area contributed by atoms with Gasteiger partial charge in [-0.2, -0.15) is 0 Å². The first-order valence-corrected chi connectivity index (χ1v) is 7.81. The molecule has 5 atom stereocenters. The quantitative estimate of drug-likeness (QED) is 0.797. The molecule has 0 aromatic heterocycles. The molecule has 0 amide bonds. The molecule has 0 radical (unpaired) electrons. The Kier molecular flexibility index (Phi) is 3.23.